The van der Waals surface area contributed by atoms with Gasteiger partial charge in [-0.05, 0) is 25.8 Å². The summed E-state index contributed by atoms with van der Waals surface area (Å²) in [6.07, 6.45) is 5.70. The summed E-state index contributed by atoms with van der Waals surface area (Å²) in [6.45, 7) is 5.50. The van der Waals surface area contributed by atoms with E-state index in [0.29, 0.717) is 11.1 Å². The number of rotatable bonds is 4. The van der Waals surface area contributed by atoms with Gasteiger partial charge in [0.2, 0.25) is 5.91 Å². The molecule has 2 fully saturated rings. The highest BCUT2D eigenvalue weighted by Gasteiger charge is 2.30. The lowest BCUT2D eigenvalue weighted by Crippen LogP contribution is -2.54. The summed E-state index contributed by atoms with van der Waals surface area (Å²) in [5, 5.41) is 3.76. The van der Waals surface area contributed by atoms with Crippen LogP contribution in [0.3, 0.4) is 0 Å². The molecular formula is C15H21ClN4O. The third-order valence-corrected chi connectivity index (χ3v) is 4.55. The van der Waals surface area contributed by atoms with Crippen molar-refractivity contribution >= 4 is 23.2 Å². The van der Waals surface area contributed by atoms with Crippen molar-refractivity contribution in [1.82, 2.24) is 15.2 Å². The summed E-state index contributed by atoms with van der Waals surface area (Å²) in [5.74, 6) is 0.160. The van der Waals surface area contributed by atoms with Gasteiger partial charge in [-0.15, -0.1) is 0 Å². The van der Waals surface area contributed by atoms with Crippen molar-refractivity contribution in [2.75, 3.05) is 31.1 Å². The van der Waals surface area contributed by atoms with Crippen LogP contribution in [0.15, 0.2) is 18.5 Å². The first-order chi connectivity index (χ1) is 10.1. The molecule has 5 nitrogen and oxygen atoms in total. The van der Waals surface area contributed by atoms with Gasteiger partial charge in [0.1, 0.15) is 0 Å². The Balaban J connectivity index is 1.54. The zero-order chi connectivity index (χ0) is 14.8. The van der Waals surface area contributed by atoms with Gasteiger partial charge >= 0.3 is 0 Å². The van der Waals surface area contributed by atoms with Crippen LogP contribution in [-0.2, 0) is 4.79 Å². The Morgan fingerprint density at radius 3 is 2.71 bits per heavy atom. The van der Waals surface area contributed by atoms with E-state index < -0.39 is 0 Å². The minimum atomic E-state index is -0.0549. The second-order valence-electron chi connectivity index (χ2n) is 5.81. The number of hydrogen-bond acceptors (Lipinski definition) is 4. The second-order valence-corrected chi connectivity index (χ2v) is 6.22. The van der Waals surface area contributed by atoms with E-state index in [1.807, 2.05) is 13.0 Å². The van der Waals surface area contributed by atoms with Crippen LogP contribution in [0.4, 0.5) is 5.69 Å². The highest BCUT2D eigenvalue weighted by molar-refractivity contribution is 6.33. The zero-order valence-electron chi connectivity index (χ0n) is 12.3. The van der Waals surface area contributed by atoms with Crippen molar-refractivity contribution < 1.29 is 4.79 Å². The lowest BCUT2D eigenvalue weighted by Gasteiger charge is -2.38. The summed E-state index contributed by atoms with van der Waals surface area (Å²) in [4.78, 5) is 20.6. The highest BCUT2D eigenvalue weighted by atomic mass is 35.5. The predicted molar refractivity (Wildman–Crippen MR) is 83.7 cm³/mol. The van der Waals surface area contributed by atoms with Gasteiger partial charge in [-0.25, -0.2) is 0 Å². The van der Waals surface area contributed by atoms with E-state index in [2.05, 4.69) is 20.1 Å². The lowest BCUT2D eigenvalue weighted by molar-refractivity contribution is -0.126. The Labute approximate surface area is 130 Å². The molecule has 2 aliphatic rings. The molecule has 0 radical (unpaired) electrons. The molecule has 1 N–H and O–H groups in total. The van der Waals surface area contributed by atoms with Gasteiger partial charge in [0, 0.05) is 44.6 Å². The molecule has 2 heterocycles. The number of carbonyl (C=O) groups excluding carboxylic acids is 1. The summed E-state index contributed by atoms with van der Waals surface area (Å²) < 4.78 is 0. The van der Waals surface area contributed by atoms with Crippen LogP contribution in [0.5, 0.6) is 0 Å². The number of halogens is 1. The lowest BCUT2D eigenvalue weighted by atomic mass is 10.2. The SMILES string of the molecule is CC(C(=O)NC1CC1)N1CCN(c2ccncc2Cl)CC1. The molecule has 0 bridgehead atoms. The van der Waals surface area contributed by atoms with Crippen LogP contribution in [0.2, 0.25) is 5.02 Å². The third kappa shape index (κ3) is 3.47. The molecule has 6 heteroatoms. The Morgan fingerprint density at radius 2 is 2.10 bits per heavy atom. The maximum atomic E-state index is 12.1. The minimum Gasteiger partial charge on any atom is -0.368 e. The van der Waals surface area contributed by atoms with Gasteiger partial charge in [0.25, 0.3) is 0 Å². The maximum Gasteiger partial charge on any atom is 0.237 e. The van der Waals surface area contributed by atoms with Crippen molar-refractivity contribution in [2.45, 2.75) is 31.8 Å². The first-order valence-corrected chi connectivity index (χ1v) is 7.92. The molecule has 1 aliphatic heterocycles. The molecule has 3 rings (SSSR count). The first kappa shape index (κ1) is 14.6. The summed E-state index contributed by atoms with van der Waals surface area (Å²) >= 11 is 6.19. The van der Waals surface area contributed by atoms with Crippen LogP contribution in [-0.4, -0.2) is 54.1 Å². The number of aromatic nitrogens is 1. The fourth-order valence-corrected chi connectivity index (χ4v) is 2.93. The van der Waals surface area contributed by atoms with Gasteiger partial charge in [0.05, 0.1) is 16.8 Å². The van der Waals surface area contributed by atoms with Crippen molar-refractivity contribution in [2.24, 2.45) is 0 Å². The van der Waals surface area contributed by atoms with Gasteiger partial charge in [-0.1, -0.05) is 11.6 Å². The van der Waals surface area contributed by atoms with E-state index in [4.69, 9.17) is 11.6 Å². The highest BCUT2D eigenvalue weighted by Crippen LogP contribution is 2.25. The molecule has 1 aliphatic carbocycles. The van der Waals surface area contributed by atoms with Gasteiger partial charge in [-0.2, -0.15) is 0 Å². The van der Waals surface area contributed by atoms with Crippen molar-refractivity contribution in [3.8, 4) is 0 Å². The van der Waals surface area contributed by atoms with E-state index in [1.54, 1.807) is 12.4 Å². The molecule has 114 valence electrons. The molecular weight excluding hydrogens is 288 g/mol. The van der Waals surface area contributed by atoms with E-state index in [0.717, 1.165) is 44.7 Å². The number of carbonyl (C=O) groups is 1. The fraction of sp³-hybridized carbons (Fsp3) is 0.600. The van der Waals surface area contributed by atoms with E-state index in [9.17, 15) is 4.79 Å². The summed E-state index contributed by atoms with van der Waals surface area (Å²) in [6, 6.07) is 2.32. The number of amides is 1. The molecule has 1 aromatic heterocycles. The number of pyridine rings is 1. The van der Waals surface area contributed by atoms with Gasteiger partial charge in [-0.3, -0.25) is 14.7 Å². The molecule has 1 amide bonds. The molecule has 0 spiro atoms. The van der Waals surface area contributed by atoms with Crippen molar-refractivity contribution in [1.29, 1.82) is 0 Å². The molecule has 21 heavy (non-hydrogen) atoms. The molecule has 1 unspecified atom stereocenters. The Morgan fingerprint density at radius 1 is 1.38 bits per heavy atom. The number of anilines is 1. The fourth-order valence-electron chi connectivity index (χ4n) is 2.69. The molecule has 1 saturated heterocycles. The van der Waals surface area contributed by atoms with Crippen LogP contribution < -0.4 is 10.2 Å². The maximum absolute atomic E-state index is 12.1. The summed E-state index contributed by atoms with van der Waals surface area (Å²) in [5.41, 5.74) is 1.03. The average Bonchev–Trinajstić information content (AvgIpc) is 3.31. The van der Waals surface area contributed by atoms with E-state index >= 15 is 0 Å². The van der Waals surface area contributed by atoms with Gasteiger partial charge in [0.15, 0.2) is 0 Å². The number of nitrogens with one attached hydrogen (secondary N) is 1. The predicted octanol–water partition coefficient (Wildman–Crippen LogP) is 1.52. The van der Waals surface area contributed by atoms with E-state index in [1.165, 1.54) is 0 Å². The molecule has 1 saturated carbocycles. The quantitative estimate of drug-likeness (QED) is 0.916. The van der Waals surface area contributed by atoms with Gasteiger partial charge < -0.3 is 10.2 Å². The van der Waals surface area contributed by atoms with E-state index in [-0.39, 0.29) is 11.9 Å². The van der Waals surface area contributed by atoms with Crippen molar-refractivity contribution in [3.63, 3.8) is 0 Å². The molecule has 1 atom stereocenters. The Hall–Kier alpha value is -1.33. The monoisotopic (exact) mass is 308 g/mol. The van der Waals surface area contributed by atoms with Crippen LogP contribution in [0.25, 0.3) is 0 Å². The third-order valence-electron chi connectivity index (χ3n) is 4.26. The zero-order valence-corrected chi connectivity index (χ0v) is 13.0. The average molecular weight is 309 g/mol. The van der Waals surface area contributed by atoms with Crippen LogP contribution in [0.1, 0.15) is 19.8 Å². The van der Waals surface area contributed by atoms with Crippen LogP contribution in [0, 0.1) is 0 Å². The molecule has 0 aromatic carbocycles. The minimum absolute atomic E-state index is 0.0549. The molecule has 1 aromatic rings. The van der Waals surface area contributed by atoms with Crippen molar-refractivity contribution in [3.05, 3.63) is 23.5 Å². The second kappa shape index (κ2) is 6.20. The standard InChI is InChI=1S/C15H21ClN4O/c1-11(15(21)18-12-2-3-12)19-6-8-20(9-7-19)14-4-5-17-10-13(14)16/h4-5,10-12H,2-3,6-9H2,1H3,(H,18,21). The Kier molecular flexibility index (Phi) is 4.31. The smallest absolute Gasteiger partial charge is 0.237 e. The number of piperazine rings is 1. The number of nitrogens with zero attached hydrogens (tertiary/aromatic N) is 3. The number of hydrogen-bond donors (Lipinski definition) is 1. The largest absolute Gasteiger partial charge is 0.368 e. The topological polar surface area (TPSA) is 48.5 Å². The van der Waals surface area contributed by atoms with Crippen LogP contribution >= 0.6 is 11.6 Å². The first-order valence-electron chi connectivity index (χ1n) is 7.54. The summed E-state index contributed by atoms with van der Waals surface area (Å²) in [7, 11) is 0. The normalized spacial score (nSPS) is 21.1. The Bertz CT molecular complexity index is 512.